The van der Waals surface area contributed by atoms with Crippen LogP contribution in [0.2, 0.25) is 0 Å². The third kappa shape index (κ3) is 2.55. The van der Waals surface area contributed by atoms with Gasteiger partial charge in [0.2, 0.25) is 0 Å². The third-order valence-electron chi connectivity index (χ3n) is 4.54. The zero-order valence-electron chi connectivity index (χ0n) is 13.9. The first-order chi connectivity index (χ1) is 11.4. The summed E-state index contributed by atoms with van der Waals surface area (Å²) in [6.45, 7) is 6.29. The van der Waals surface area contributed by atoms with Gasteiger partial charge in [-0.15, -0.1) is 0 Å². The molecule has 1 aromatic carbocycles. The molecule has 1 aliphatic rings. The molecule has 1 atom stereocenters. The van der Waals surface area contributed by atoms with Crippen LogP contribution >= 0.6 is 0 Å². The van der Waals surface area contributed by atoms with Gasteiger partial charge in [0.05, 0.1) is 16.9 Å². The number of para-hydroxylation sites is 1. The average molecular weight is 341 g/mol. The first-order valence-corrected chi connectivity index (χ1v) is 9.28. The SMILES string of the molecule is Cc1ncc(S(=O)(=O)N2CC(C(C)C)c3ccccc32)cc1C#N. The van der Waals surface area contributed by atoms with Gasteiger partial charge in [0.1, 0.15) is 11.0 Å². The Balaban J connectivity index is 2.10. The molecule has 1 aromatic heterocycles. The number of benzene rings is 1. The monoisotopic (exact) mass is 341 g/mol. The predicted molar refractivity (Wildman–Crippen MR) is 92.2 cm³/mol. The highest BCUT2D eigenvalue weighted by Crippen LogP contribution is 2.42. The highest BCUT2D eigenvalue weighted by Gasteiger charge is 2.37. The van der Waals surface area contributed by atoms with Crippen LogP contribution in [0.5, 0.6) is 0 Å². The Kier molecular flexibility index (Phi) is 4.06. The molecule has 0 fully saturated rings. The molecule has 0 saturated carbocycles. The molecule has 24 heavy (non-hydrogen) atoms. The molecular weight excluding hydrogens is 322 g/mol. The van der Waals surface area contributed by atoms with Gasteiger partial charge in [-0.05, 0) is 30.5 Å². The number of nitriles is 1. The molecule has 2 heterocycles. The van der Waals surface area contributed by atoms with Crippen LogP contribution in [0.1, 0.15) is 36.6 Å². The maximum Gasteiger partial charge on any atom is 0.265 e. The van der Waals surface area contributed by atoms with Crippen molar-refractivity contribution in [1.29, 1.82) is 5.26 Å². The second-order valence-electron chi connectivity index (χ2n) is 6.36. The van der Waals surface area contributed by atoms with Gasteiger partial charge in [0.15, 0.2) is 0 Å². The smallest absolute Gasteiger partial charge is 0.265 e. The van der Waals surface area contributed by atoms with E-state index in [9.17, 15) is 8.42 Å². The number of pyridine rings is 1. The van der Waals surface area contributed by atoms with Crippen LogP contribution in [0.15, 0.2) is 41.4 Å². The van der Waals surface area contributed by atoms with E-state index in [-0.39, 0.29) is 16.4 Å². The molecule has 5 nitrogen and oxygen atoms in total. The van der Waals surface area contributed by atoms with E-state index in [0.717, 1.165) is 11.3 Å². The number of aryl methyl sites for hydroxylation is 1. The van der Waals surface area contributed by atoms with E-state index >= 15 is 0 Å². The number of nitrogens with zero attached hydrogens (tertiary/aromatic N) is 3. The quantitative estimate of drug-likeness (QED) is 0.859. The molecule has 1 unspecified atom stereocenters. The normalized spacial score (nSPS) is 17.0. The second-order valence-corrected chi connectivity index (χ2v) is 8.22. The lowest BCUT2D eigenvalue weighted by atomic mass is 9.90. The summed E-state index contributed by atoms with van der Waals surface area (Å²) in [5, 5.41) is 9.15. The number of fused-ring (bicyclic) bond motifs is 1. The lowest BCUT2D eigenvalue weighted by molar-refractivity contribution is 0.522. The summed E-state index contributed by atoms with van der Waals surface area (Å²) in [6.07, 6.45) is 1.33. The molecule has 0 spiro atoms. The van der Waals surface area contributed by atoms with Crippen molar-refractivity contribution in [2.75, 3.05) is 10.8 Å². The fraction of sp³-hybridized carbons (Fsp3) is 0.333. The molecule has 6 heteroatoms. The highest BCUT2D eigenvalue weighted by molar-refractivity contribution is 7.92. The number of sulfonamides is 1. The Morgan fingerprint density at radius 3 is 2.71 bits per heavy atom. The van der Waals surface area contributed by atoms with Crippen LogP contribution in [0.3, 0.4) is 0 Å². The topological polar surface area (TPSA) is 74.1 Å². The van der Waals surface area contributed by atoms with Crippen molar-refractivity contribution in [1.82, 2.24) is 4.98 Å². The van der Waals surface area contributed by atoms with Gasteiger partial charge in [0.25, 0.3) is 10.0 Å². The molecule has 0 bridgehead atoms. The van der Waals surface area contributed by atoms with Gasteiger partial charge in [-0.1, -0.05) is 32.0 Å². The van der Waals surface area contributed by atoms with Crippen molar-refractivity contribution >= 4 is 15.7 Å². The lowest BCUT2D eigenvalue weighted by Crippen LogP contribution is -2.31. The Bertz CT molecular complexity index is 930. The summed E-state index contributed by atoms with van der Waals surface area (Å²) < 4.78 is 27.7. The molecule has 3 rings (SSSR count). The van der Waals surface area contributed by atoms with Crippen molar-refractivity contribution in [2.45, 2.75) is 31.6 Å². The van der Waals surface area contributed by atoms with Crippen LogP contribution in [-0.2, 0) is 10.0 Å². The number of hydrogen-bond donors (Lipinski definition) is 0. The van der Waals surface area contributed by atoms with E-state index in [4.69, 9.17) is 5.26 Å². The summed E-state index contributed by atoms with van der Waals surface area (Å²) in [6, 6.07) is 11.0. The molecule has 1 aliphatic heterocycles. The maximum absolute atomic E-state index is 13.1. The van der Waals surface area contributed by atoms with Crippen LogP contribution in [0.4, 0.5) is 5.69 Å². The molecule has 124 valence electrons. The van der Waals surface area contributed by atoms with Crippen molar-refractivity contribution in [3.8, 4) is 6.07 Å². The van der Waals surface area contributed by atoms with Crippen LogP contribution in [-0.4, -0.2) is 19.9 Å². The molecule has 2 aromatic rings. The minimum Gasteiger partial charge on any atom is -0.265 e. The standard InChI is InChI=1S/C18H19N3O2S/c1-12(2)17-11-21(18-7-5-4-6-16(17)18)24(22,23)15-8-14(9-19)13(3)20-10-15/h4-8,10,12,17H,11H2,1-3H3. The fourth-order valence-electron chi connectivity index (χ4n) is 3.10. The van der Waals surface area contributed by atoms with Gasteiger partial charge in [-0.3, -0.25) is 9.29 Å². The maximum atomic E-state index is 13.1. The summed E-state index contributed by atoms with van der Waals surface area (Å²) in [5.41, 5.74) is 2.58. The zero-order chi connectivity index (χ0) is 17.5. The number of aromatic nitrogens is 1. The Hall–Kier alpha value is -2.39. The highest BCUT2D eigenvalue weighted by atomic mass is 32.2. The molecule has 0 radical (unpaired) electrons. The first-order valence-electron chi connectivity index (χ1n) is 7.84. The Labute approximate surface area is 142 Å². The summed E-state index contributed by atoms with van der Waals surface area (Å²) in [5.74, 6) is 0.488. The molecule has 0 amide bonds. The van der Waals surface area contributed by atoms with E-state index in [1.54, 1.807) is 6.92 Å². The summed E-state index contributed by atoms with van der Waals surface area (Å²) in [4.78, 5) is 4.13. The van der Waals surface area contributed by atoms with Crippen LogP contribution in [0.25, 0.3) is 0 Å². The van der Waals surface area contributed by atoms with E-state index < -0.39 is 10.0 Å². The van der Waals surface area contributed by atoms with Crippen molar-refractivity contribution in [2.24, 2.45) is 5.92 Å². The molecule has 0 saturated heterocycles. The minimum absolute atomic E-state index is 0.0591. The Morgan fingerprint density at radius 1 is 1.33 bits per heavy atom. The number of rotatable bonds is 3. The molecule has 0 N–H and O–H groups in total. The zero-order valence-corrected chi connectivity index (χ0v) is 14.7. The Morgan fingerprint density at radius 2 is 2.04 bits per heavy atom. The summed E-state index contributed by atoms with van der Waals surface area (Å²) >= 11 is 0. The van der Waals surface area contributed by atoms with Crippen LogP contribution in [0, 0.1) is 24.2 Å². The average Bonchev–Trinajstić information content (AvgIpc) is 2.95. The van der Waals surface area contributed by atoms with Crippen LogP contribution < -0.4 is 4.31 Å². The van der Waals surface area contributed by atoms with Gasteiger partial charge < -0.3 is 0 Å². The third-order valence-corrected chi connectivity index (χ3v) is 6.29. The van der Waals surface area contributed by atoms with Gasteiger partial charge in [0, 0.05) is 18.7 Å². The lowest BCUT2D eigenvalue weighted by Gasteiger charge is -2.21. The molecule has 0 aliphatic carbocycles. The fourth-order valence-corrected chi connectivity index (χ4v) is 4.59. The van der Waals surface area contributed by atoms with Gasteiger partial charge >= 0.3 is 0 Å². The molecular formula is C18H19N3O2S. The minimum atomic E-state index is -3.75. The van der Waals surface area contributed by atoms with Crippen molar-refractivity contribution < 1.29 is 8.42 Å². The van der Waals surface area contributed by atoms with E-state index in [1.807, 2.05) is 30.3 Å². The predicted octanol–water partition coefficient (Wildman–Crippen LogP) is 3.21. The first kappa shape index (κ1) is 16.5. The van der Waals surface area contributed by atoms with E-state index in [0.29, 0.717) is 18.2 Å². The largest absolute Gasteiger partial charge is 0.265 e. The van der Waals surface area contributed by atoms with Gasteiger partial charge in [-0.2, -0.15) is 5.26 Å². The summed E-state index contributed by atoms with van der Waals surface area (Å²) in [7, 11) is -3.75. The van der Waals surface area contributed by atoms with E-state index in [2.05, 4.69) is 18.8 Å². The van der Waals surface area contributed by atoms with Crippen molar-refractivity contribution in [3.05, 3.63) is 53.3 Å². The van der Waals surface area contributed by atoms with Crippen molar-refractivity contribution in [3.63, 3.8) is 0 Å². The number of anilines is 1. The second kappa shape index (κ2) is 5.91. The van der Waals surface area contributed by atoms with E-state index in [1.165, 1.54) is 16.6 Å². The number of hydrogen-bond acceptors (Lipinski definition) is 4. The van der Waals surface area contributed by atoms with Gasteiger partial charge in [-0.25, -0.2) is 8.42 Å².